The van der Waals surface area contributed by atoms with Crippen molar-refractivity contribution in [3.63, 3.8) is 0 Å². The van der Waals surface area contributed by atoms with Crippen molar-refractivity contribution in [1.82, 2.24) is 15.5 Å². The number of carbonyl (C=O) groups excluding carboxylic acids is 1. The molecule has 1 rings (SSSR count). The number of ether oxygens (including phenoxy) is 1. The lowest BCUT2D eigenvalue weighted by Crippen LogP contribution is -2.45. The average molecular weight is 398 g/mol. The van der Waals surface area contributed by atoms with Crippen molar-refractivity contribution in [2.45, 2.75) is 32.7 Å². The normalized spacial score (nSPS) is 18.6. The zero-order valence-electron chi connectivity index (χ0n) is 12.6. The smallest absolute Gasteiger partial charge is 0.222 e. The first-order chi connectivity index (χ1) is 9.21. The highest BCUT2D eigenvalue weighted by Crippen LogP contribution is 2.10. The Morgan fingerprint density at radius 3 is 2.80 bits per heavy atom. The molecular formula is C13H27IN4O2. The Morgan fingerprint density at radius 1 is 1.45 bits per heavy atom. The van der Waals surface area contributed by atoms with Gasteiger partial charge in [0, 0.05) is 45.8 Å². The van der Waals surface area contributed by atoms with E-state index in [1.807, 2.05) is 18.7 Å². The zero-order valence-corrected chi connectivity index (χ0v) is 15.0. The van der Waals surface area contributed by atoms with Crippen LogP contribution in [0.25, 0.3) is 0 Å². The molecule has 1 unspecified atom stereocenters. The molecule has 0 spiro atoms. The number of likely N-dealkylation sites (tertiary alicyclic amines) is 1. The number of hydrogen-bond donors (Lipinski definition) is 2. The summed E-state index contributed by atoms with van der Waals surface area (Å²) >= 11 is 0. The lowest BCUT2D eigenvalue weighted by atomic mass is 10.3. The highest BCUT2D eigenvalue weighted by molar-refractivity contribution is 14.0. The summed E-state index contributed by atoms with van der Waals surface area (Å²) in [6.07, 6.45) is 1.55. The van der Waals surface area contributed by atoms with Crippen LogP contribution in [0.2, 0.25) is 0 Å². The summed E-state index contributed by atoms with van der Waals surface area (Å²) in [5, 5.41) is 6.54. The maximum atomic E-state index is 11.6. The van der Waals surface area contributed by atoms with Crippen LogP contribution in [0.3, 0.4) is 0 Å². The van der Waals surface area contributed by atoms with Gasteiger partial charge >= 0.3 is 0 Å². The molecule has 2 N–H and O–H groups in total. The quantitative estimate of drug-likeness (QED) is 0.301. The predicted octanol–water partition coefficient (Wildman–Crippen LogP) is 0.817. The van der Waals surface area contributed by atoms with E-state index in [4.69, 9.17) is 4.74 Å². The SMILES string of the molecule is CCOCCNC(=NC)NC1CCN(C(=O)CC)C1.I. The summed E-state index contributed by atoms with van der Waals surface area (Å²) in [6.45, 7) is 7.60. The predicted molar refractivity (Wildman–Crippen MR) is 91.7 cm³/mol. The van der Waals surface area contributed by atoms with Crippen LogP contribution in [0.1, 0.15) is 26.7 Å². The fourth-order valence-corrected chi connectivity index (χ4v) is 2.10. The molecule has 0 aromatic rings. The second-order valence-electron chi connectivity index (χ2n) is 4.52. The standard InChI is InChI=1S/C13H26N4O2.HI/c1-4-12(18)17-8-6-11(10-17)16-13(14-3)15-7-9-19-5-2;/h11H,4-10H2,1-3H3,(H2,14,15,16);1H. The third-order valence-corrected chi connectivity index (χ3v) is 3.15. The number of carbonyl (C=O) groups is 1. The van der Waals surface area contributed by atoms with Gasteiger partial charge in [0.25, 0.3) is 0 Å². The van der Waals surface area contributed by atoms with Gasteiger partial charge in [-0.05, 0) is 13.3 Å². The van der Waals surface area contributed by atoms with Gasteiger partial charge in [-0.3, -0.25) is 9.79 Å². The van der Waals surface area contributed by atoms with Gasteiger partial charge in [-0.15, -0.1) is 24.0 Å². The summed E-state index contributed by atoms with van der Waals surface area (Å²) in [6, 6.07) is 0.286. The van der Waals surface area contributed by atoms with E-state index in [-0.39, 0.29) is 35.9 Å². The van der Waals surface area contributed by atoms with Crippen LogP contribution in [0, 0.1) is 0 Å². The zero-order chi connectivity index (χ0) is 14.1. The van der Waals surface area contributed by atoms with E-state index in [1.54, 1.807) is 7.05 Å². The van der Waals surface area contributed by atoms with Crippen molar-refractivity contribution >= 4 is 35.8 Å². The molecule has 1 amide bonds. The van der Waals surface area contributed by atoms with Crippen LogP contribution in [0.4, 0.5) is 0 Å². The summed E-state index contributed by atoms with van der Waals surface area (Å²) in [7, 11) is 1.75. The lowest BCUT2D eigenvalue weighted by Gasteiger charge is -2.18. The molecule has 20 heavy (non-hydrogen) atoms. The minimum absolute atomic E-state index is 0. The van der Waals surface area contributed by atoms with Gasteiger partial charge in [-0.1, -0.05) is 6.92 Å². The van der Waals surface area contributed by atoms with Gasteiger partial charge < -0.3 is 20.3 Å². The van der Waals surface area contributed by atoms with E-state index in [1.165, 1.54) is 0 Å². The van der Waals surface area contributed by atoms with E-state index in [0.717, 1.165) is 38.6 Å². The molecule has 6 nitrogen and oxygen atoms in total. The van der Waals surface area contributed by atoms with Gasteiger partial charge in [0.1, 0.15) is 0 Å². The van der Waals surface area contributed by atoms with E-state index in [9.17, 15) is 4.79 Å². The Kier molecular flexibility index (Phi) is 10.8. The summed E-state index contributed by atoms with van der Waals surface area (Å²) in [5.74, 6) is 0.999. The number of guanidine groups is 1. The van der Waals surface area contributed by atoms with Crippen LogP contribution < -0.4 is 10.6 Å². The van der Waals surface area contributed by atoms with Gasteiger partial charge in [0.15, 0.2) is 5.96 Å². The molecule has 0 radical (unpaired) electrons. The maximum Gasteiger partial charge on any atom is 0.222 e. The number of hydrogen-bond acceptors (Lipinski definition) is 3. The van der Waals surface area contributed by atoms with Gasteiger partial charge in [0.05, 0.1) is 6.61 Å². The molecule has 0 aromatic heterocycles. The monoisotopic (exact) mass is 398 g/mol. The lowest BCUT2D eigenvalue weighted by molar-refractivity contribution is -0.129. The molecule has 118 valence electrons. The fourth-order valence-electron chi connectivity index (χ4n) is 2.10. The molecule has 0 saturated carbocycles. The second-order valence-corrected chi connectivity index (χ2v) is 4.52. The Morgan fingerprint density at radius 2 is 2.20 bits per heavy atom. The van der Waals surface area contributed by atoms with Gasteiger partial charge in [-0.25, -0.2) is 0 Å². The van der Waals surface area contributed by atoms with Crippen molar-refractivity contribution in [3.8, 4) is 0 Å². The first kappa shape index (κ1) is 19.4. The first-order valence-corrected chi connectivity index (χ1v) is 7.03. The molecule has 0 bridgehead atoms. The maximum absolute atomic E-state index is 11.6. The van der Waals surface area contributed by atoms with E-state index < -0.39 is 0 Å². The molecule has 1 fully saturated rings. The topological polar surface area (TPSA) is 66.0 Å². The highest BCUT2D eigenvalue weighted by Gasteiger charge is 2.25. The molecule has 1 heterocycles. The number of nitrogens with zero attached hydrogens (tertiary/aromatic N) is 2. The average Bonchev–Trinajstić information content (AvgIpc) is 2.89. The molecule has 7 heteroatoms. The van der Waals surface area contributed by atoms with Crippen LogP contribution in [-0.2, 0) is 9.53 Å². The minimum atomic E-state index is 0. The van der Waals surface area contributed by atoms with Gasteiger partial charge in [-0.2, -0.15) is 0 Å². The Balaban J connectivity index is 0.00000361. The third kappa shape index (κ3) is 6.74. The first-order valence-electron chi connectivity index (χ1n) is 7.03. The molecular weight excluding hydrogens is 371 g/mol. The van der Waals surface area contributed by atoms with E-state index >= 15 is 0 Å². The van der Waals surface area contributed by atoms with Crippen molar-refractivity contribution in [2.75, 3.05) is 39.9 Å². The molecule has 0 aromatic carbocycles. The number of aliphatic imine (C=N–C) groups is 1. The van der Waals surface area contributed by atoms with Crippen LogP contribution in [0.5, 0.6) is 0 Å². The molecule has 1 atom stereocenters. The fraction of sp³-hybridized carbons (Fsp3) is 0.846. The largest absolute Gasteiger partial charge is 0.380 e. The molecule has 0 aliphatic carbocycles. The van der Waals surface area contributed by atoms with Crippen LogP contribution >= 0.6 is 24.0 Å². The summed E-state index contributed by atoms with van der Waals surface area (Å²) < 4.78 is 5.26. The minimum Gasteiger partial charge on any atom is -0.380 e. The molecule has 1 aliphatic heterocycles. The van der Waals surface area contributed by atoms with Crippen LogP contribution in [0.15, 0.2) is 4.99 Å². The Labute approximate surface area is 138 Å². The number of halogens is 1. The van der Waals surface area contributed by atoms with Crippen molar-refractivity contribution in [3.05, 3.63) is 0 Å². The second kappa shape index (κ2) is 11.1. The van der Waals surface area contributed by atoms with Crippen molar-refractivity contribution in [2.24, 2.45) is 4.99 Å². The van der Waals surface area contributed by atoms with E-state index in [2.05, 4.69) is 15.6 Å². The molecule has 1 aliphatic rings. The van der Waals surface area contributed by atoms with Crippen LogP contribution in [-0.4, -0.2) is 62.7 Å². The number of nitrogens with one attached hydrogen (secondary N) is 2. The molecule has 1 saturated heterocycles. The summed E-state index contributed by atoms with van der Waals surface area (Å²) in [4.78, 5) is 17.7. The van der Waals surface area contributed by atoms with Crippen molar-refractivity contribution in [1.29, 1.82) is 0 Å². The number of rotatable bonds is 6. The number of amides is 1. The van der Waals surface area contributed by atoms with Crippen molar-refractivity contribution < 1.29 is 9.53 Å². The third-order valence-electron chi connectivity index (χ3n) is 3.15. The van der Waals surface area contributed by atoms with Gasteiger partial charge in [0.2, 0.25) is 5.91 Å². The van der Waals surface area contributed by atoms with E-state index in [0.29, 0.717) is 13.0 Å². The summed E-state index contributed by atoms with van der Waals surface area (Å²) in [5.41, 5.74) is 0. The Hall–Kier alpha value is -0.570. The Bertz CT molecular complexity index is 313. The highest BCUT2D eigenvalue weighted by atomic mass is 127.